The number of pyridine rings is 2. The highest BCUT2D eigenvalue weighted by Gasteiger charge is 2.29. The zero-order chi connectivity index (χ0) is 18.8. The largest absolute Gasteiger partial charge is 0.347 e. The number of aryl methyl sites for hydroxylation is 1. The standard InChI is InChI=1S/C21H20N4O2/c1-14-18(5-3-9-22-14)21(27)25-11-8-17(13-25)24-20(26)16-7-6-15-4-2-10-23-19(15)12-16/h2-7,9-10,12,17H,8,11,13H2,1H3,(H,24,26). The maximum Gasteiger partial charge on any atom is 0.255 e. The van der Waals surface area contributed by atoms with Crippen molar-refractivity contribution in [3.8, 4) is 0 Å². The van der Waals surface area contributed by atoms with E-state index in [0.29, 0.717) is 24.2 Å². The summed E-state index contributed by atoms with van der Waals surface area (Å²) in [7, 11) is 0. The molecule has 2 aromatic heterocycles. The fourth-order valence-corrected chi connectivity index (χ4v) is 3.42. The summed E-state index contributed by atoms with van der Waals surface area (Å²) in [4.78, 5) is 35.5. The van der Waals surface area contributed by atoms with Crippen molar-refractivity contribution in [2.75, 3.05) is 13.1 Å². The van der Waals surface area contributed by atoms with Crippen LogP contribution in [0.3, 0.4) is 0 Å². The molecule has 1 N–H and O–H groups in total. The number of nitrogens with one attached hydrogen (secondary N) is 1. The lowest BCUT2D eigenvalue weighted by molar-refractivity contribution is 0.0782. The Bertz CT molecular complexity index is 1020. The van der Waals surface area contributed by atoms with Crippen molar-refractivity contribution in [3.05, 3.63) is 71.7 Å². The minimum atomic E-state index is -0.139. The second-order valence-electron chi connectivity index (χ2n) is 6.76. The Morgan fingerprint density at radius 1 is 1.11 bits per heavy atom. The first-order chi connectivity index (χ1) is 13.1. The molecule has 2 amide bonds. The van der Waals surface area contributed by atoms with Crippen LogP contribution in [0.15, 0.2) is 54.9 Å². The zero-order valence-electron chi connectivity index (χ0n) is 15.1. The number of amides is 2. The Morgan fingerprint density at radius 2 is 1.93 bits per heavy atom. The van der Waals surface area contributed by atoms with Crippen molar-refractivity contribution in [3.63, 3.8) is 0 Å². The van der Waals surface area contributed by atoms with Crippen LogP contribution in [0.25, 0.3) is 10.9 Å². The number of benzene rings is 1. The van der Waals surface area contributed by atoms with E-state index >= 15 is 0 Å². The summed E-state index contributed by atoms with van der Waals surface area (Å²) < 4.78 is 0. The van der Waals surface area contributed by atoms with Gasteiger partial charge in [0.2, 0.25) is 0 Å². The SMILES string of the molecule is Cc1ncccc1C(=O)N1CCC(NC(=O)c2ccc3cccnc3c2)C1. The van der Waals surface area contributed by atoms with E-state index in [1.807, 2.05) is 25.1 Å². The van der Waals surface area contributed by atoms with Crippen molar-refractivity contribution in [1.29, 1.82) is 0 Å². The zero-order valence-corrected chi connectivity index (χ0v) is 15.1. The Hall–Kier alpha value is -3.28. The van der Waals surface area contributed by atoms with Crippen LogP contribution >= 0.6 is 0 Å². The normalized spacial score (nSPS) is 16.5. The van der Waals surface area contributed by atoms with Gasteiger partial charge in [0.25, 0.3) is 11.8 Å². The minimum Gasteiger partial charge on any atom is -0.347 e. The van der Waals surface area contributed by atoms with E-state index in [1.54, 1.807) is 41.6 Å². The molecule has 4 rings (SSSR count). The second kappa shape index (κ2) is 7.15. The number of hydrogen-bond donors (Lipinski definition) is 1. The summed E-state index contributed by atoms with van der Waals surface area (Å²) in [6.45, 7) is 2.96. The molecule has 1 atom stereocenters. The molecule has 0 radical (unpaired) electrons. The Morgan fingerprint density at radius 3 is 2.78 bits per heavy atom. The first kappa shape index (κ1) is 17.1. The van der Waals surface area contributed by atoms with E-state index in [9.17, 15) is 9.59 Å². The van der Waals surface area contributed by atoms with Crippen molar-refractivity contribution in [1.82, 2.24) is 20.2 Å². The molecule has 1 saturated heterocycles. The molecule has 0 saturated carbocycles. The van der Waals surface area contributed by atoms with Gasteiger partial charge in [-0.05, 0) is 43.7 Å². The second-order valence-corrected chi connectivity index (χ2v) is 6.76. The first-order valence-corrected chi connectivity index (χ1v) is 8.98. The topological polar surface area (TPSA) is 75.2 Å². The fraction of sp³-hybridized carbons (Fsp3) is 0.238. The minimum absolute atomic E-state index is 0.0349. The lowest BCUT2D eigenvalue weighted by atomic mass is 10.1. The summed E-state index contributed by atoms with van der Waals surface area (Å²) in [5.41, 5.74) is 2.71. The highest BCUT2D eigenvalue weighted by atomic mass is 16.2. The molecule has 1 fully saturated rings. The van der Waals surface area contributed by atoms with Crippen LogP contribution in [0.4, 0.5) is 0 Å². The lowest BCUT2D eigenvalue weighted by Gasteiger charge is -2.18. The van der Waals surface area contributed by atoms with E-state index in [2.05, 4.69) is 15.3 Å². The van der Waals surface area contributed by atoms with E-state index in [-0.39, 0.29) is 17.9 Å². The summed E-state index contributed by atoms with van der Waals surface area (Å²) >= 11 is 0. The maximum atomic E-state index is 12.7. The molecule has 1 aromatic carbocycles. The third-order valence-electron chi connectivity index (χ3n) is 4.92. The molecule has 1 aliphatic rings. The van der Waals surface area contributed by atoms with Crippen molar-refractivity contribution in [2.45, 2.75) is 19.4 Å². The third kappa shape index (κ3) is 3.51. The smallest absolute Gasteiger partial charge is 0.255 e. The average molecular weight is 360 g/mol. The average Bonchev–Trinajstić information content (AvgIpc) is 3.16. The fourth-order valence-electron chi connectivity index (χ4n) is 3.42. The number of aromatic nitrogens is 2. The van der Waals surface area contributed by atoms with E-state index in [0.717, 1.165) is 23.0 Å². The lowest BCUT2D eigenvalue weighted by Crippen LogP contribution is -2.38. The molecule has 6 heteroatoms. The van der Waals surface area contributed by atoms with Gasteiger partial charge in [-0.15, -0.1) is 0 Å². The van der Waals surface area contributed by atoms with Crippen molar-refractivity contribution in [2.24, 2.45) is 0 Å². The van der Waals surface area contributed by atoms with Crippen molar-refractivity contribution >= 4 is 22.7 Å². The molecule has 0 aliphatic carbocycles. The Labute approximate surface area is 157 Å². The molecule has 27 heavy (non-hydrogen) atoms. The predicted molar refractivity (Wildman–Crippen MR) is 102 cm³/mol. The van der Waals surface area contributed by atoms with Gasteiger partial charge >= 0.3 is 0 Å². The summed E-state index contributed by atoms with van der Waals surface area (Å²) in [6, 6.07) is 12.8. The third-order valence-corrected chi connectivity index (χ3v) is 4.92. The molecule has 136 valence electrons. The first-order valence-electron chi connectivity index (χ1n) is 8.98. The predicted octanol–water partition coefficient (Wildman–Crippen LogP) is 2.58. The number of carbonyl (C=O) groups excluding carboxylic acids is 2. The van der Waals surface area contributed by atoms with Gasteiger partial charge in [0.15, 0.2) is 0 Å². The number of likely N-dealkylation sites (tertiary alicyclic amines) is 1. The molecule has 3 aromatic rings. The van der Waals surface area contributed by atoms with Crippen LogP contribution in [-0.2, 0) is 0 Å². The monoisotopic (exact) mass is 360 g/mol. The van der Waals surface area contributed by atoms with Crippen molar-refractivity contribution < 1.29 is 9.59 Å². The Kier molecular flexibility index (Phi) is 4.54. The quantitative estimate of drug-likeness (QED) is 0.779. The van der Waals surface area contributed by atoms with Gasteiger partial charge in [0.1, 0.15) is 0 Å². The molecule has 6 nitrogen and oxygen atoms in total. The summed E-state index contributed by atoms with van der Waals surface area (Å²) in [5.74, 6) is -0.174. The molecule has 0 spiro atoms. The van der Waals surface area contributed by atoms with Gasteiger partial charge in [-0.1, -0.05) is 12.1 Å². The number of carbonyl (C=O) groups is 2. The molecule has 0 bridgehead atoms. The molecule has 3 heterocycles. The Balaban J connectivity index is 1.42. The molecule has 1 unspecified atom stereocenters. The summed E-state index contributed by atoms with van der Waals surface area (Å²) in [5, 5.41) is 4.03. The number of rotatable bonds is 3. The van der Waals surface area contributed by atoms with Gasteiger partial charge in [-0.25, -0.2) is 0 Å². The van der Waals surface area contributed by atoms with Crippen LogP contribution in [0.1, 0.15) is 32.8 Å². The highest BCUT2D eigenvalue weighted by molar-refractivity contribution is 5.98. The van der Waals surface area contributed by atoms with Crippen LogP contribution in [0.2, 0.25) is 0 Å². The van der Waals surface area contributed by atoms with Crippen LogP contribution < -0.4 is 5.32 Å². The van der Waals surface area contributed by atoms with Gasteiger partial charge < -0.3 is 10.2 Å². The van der Waals surface area contributed by atoms with Gasteiger partial charge in [0, 0.05) is 48.2 Å². The van der Waals surface area contributed by atoms with Crippen LogP contribution in [0.5, 0.6) is 0 Å². The van der Waals surface area contributed by atoms with Crippen LogP contribution in [0, 0.1) is 6.92 Å². The maximum absolute atomic E-state index is 12.7. The molecular formula is C21H20N4O2. The number of fused-ring (bicyclic) bond motifs is 1. The van der Waals surface area contributed by atoms with Gasteiger partial charge in [-0.3, -0.25) is 19.6 Å². The molecule has 1 aliphatic heterocycles. The van der Waals surface area contributed by atoms with Gasteiger partial charge in [0.05, 0.1) is 11.1 Å². The van der Waals surface area contributed by atoms with Crippen LogP contribution in [-0.4, -0.2) is 45.8 Å². The van der Waals surface area contributed by atoms with Gasteiger partial charge in [-0.2, -0.15) is 0 Å². The van der Waals surface area contributed by atoms with E-state index < -0.39 is 0 Å². The van der Waals surface area contributed by atoms with E-state index in [1.165, 1.54) is 0 Å². The summed E-state index contributed by atoms with van der Waals surface area (Å²) in [6.07, 6.45) is 4.13. The molecular weight excluding hydrogens is 340 g/mol. The highest BCUT2D eigenvalue weighted by Crippen LogP contribution is 2.17. The number of hydrogen-bond acceptors (Lipinski definition) is 4. The van der Waals surface area contributed by atoms with E-state index in [4.69, 9.17) is 0 Å². The number of nitrogens with zero attached hydrogens (tertiary/aromatic N) is 3.